The number of hydroxylamine groups is 2. The molecule has 0 unspecified atom stereocenters. The highest BCUT2D eigenvalue weighted by Crippen LogP contribution is 2.36. The molecular formula is C21H26F4N2O5. The summed E-state index contributed by atoms with van der Waals surface area (Å²) in [5.74, 6) is -2.31. The van der Waals surface area contributed by atoms with Gasteiger partial charge in [-0.15, -0.1) is 0 Å². The van der Waals surface area contributed by atoms with Crippen LogP contribution in [0.25, 0.3) is 0 Å². The molecule has 1 aromatic rings. The van der Waals surface area contributed by atoms with Crippen molar-refractivity contribution in [1.82, 2.24) is 9.96 Å². The SMILES string of the molecule is O=C(O)C(F)(F)F.O=C([C@@H]1COC[C@H]2CN(Cc3ccc(F)cc3)C[C@H]21)N1CCCCO1. The molecule has 3 heterocycles. The van der Waals surface area contributed by atoms with Gasteiger partial charge in [0.05, 0.1) is 25.7 Å². The lowest BCUT2D eigenvalue weighted by Gasteiger charge is -2.36. The number of hydrogen-bond acceptors (Lipinski definition) is 5. The van der Waals surface area contributed by atoms with Crippen LogP contribution in [0.4, 0.5) is 17.6 Å². The molecule has 7 nitrogen and oxygen atoms in total. The molecule has 32 heavy (non-hydrogen) atoms. The van der Waals surface area contributed by atoms with Crippen LogP contribution in [0.5, 0.6) is 0 Å². The van der Waals surface area contributed by atoms with E-state index in [0.717, 1.165) is 44.6 Å². The molecule has 4 rings (SSSR count). The minimum Gasteiger partial charge on any atom is -0.475 e. The Morgan fingerprint density at radius 2 is 1.78 bits per heavy atom. The predicted octanol–water partition coefficient (Wildman–Crippen LogP) is 2.71. The zero-order valence-electron chi connectivity index (χ0n) is 17.4. The molecule has 3 aliphatic heterocycles. The van der Waals surface area contributed by atoms with Crippen LogP contribution in [-0.2, 0) is 25.7 Å². The third kappa shape index (κ3) is 6.39. The smallest absolute Gasteiger partial charge is 0.475 e. The maximum atomic E-state index is 13.1. The summed E-state index contributed by atoms with van der Waals surface area (Å²) in [6.45, 7) is 5.12. The summed E-state index contributed by atoms with van der Waals surface area (Å²) >= 11 is 0. The van der Waals surface area contributed by atoms with Crippen molar-refractivity contribution in [2.75, 3.05) is 39.5 Å². The number of ether oxygens (including phenoxy) is 1. The lowest BCUT2D eigenvalue weighted by molar-refractivity contribution is -0.207. The molecule has 178 valence electrons. The minimum atomic E-state index is -5.08. The molecule has 3 aliphatic rings. The largest absolute Gasteiger partial charge is 0.490 e. The second-order valence-electron chi connectivity index (χ2n) is 8.17. The highest BCUT2D eigenvalue weighted by Gasteiger charge is 2.45. The number of fused-ring (bicyclic) bond motifs is 1. The molecule has 0 aliphatic carbocycles. The van der Waals surface area contributed by atoms with Gasteiger partial charge in [-0.05, 0) is 42.4 Å². The van der Waals surface area contributed by atoms with Gasteiger partial charge in [0.1, 0.15) is 5.82 Å². The molecule has 0 radical (unpaired) electrons. The number of benzene rings is 1. The van der Waals surface area contributed by atoms with E-state index in [1.165, 1.54) is 12.1 Å². The van der Waals surface area contributed by atoms with Gasteiger partial charge in [-0.2, -0.15) is 13.2 Å². The summed E-state index contributed by atoms with van der Waals surface area (Å²) in [5.41, 5.74) is 1.10. The van der Waals surface area contributed by atoms with Gasteiger partial charge in [0.25, 0.3) is 5.91 Å². The maximum Gasteiger partial charge on any atom is 0.490 e. The van der Waals surface area contributed by atoms with E-state index in [1.54, 1.807) is 5.06 Å². The van der Waals surface area contributed by atoms with Gasteiger partial charge >= 0.3 is 12.1 Å². The first kappa shape index (κ1) is 24.4. The Balaban J connectivity index is 0.000000360. The molecule has 3 fully saturated rings. The normalized spacial score (nSPS) is 26.1. The molecule has 0 spiro atoms. The third-order valence-electron chi connectivity index (χ3n) is 5.84. The summed E-state index contributed by atoms with van der Waals surface area (Å²) in [6, 6.07) is 6.67. The Bertz CT molecular complexity index is 783. The number of carboxylic acid groups (broad SMARTS) is 1. The fourth-order valence-corrected chi connectivity index (χ4v) is 4.28. The standard InChI is InChI=1S/C19H25FN2O3.C2HF3O2/c20-16-5-3-14(4-6-16)9-21-10-15-12-24-13-18(17(15)11-21)19(23)22-7-1-2-8-25-22;3-2(4,5)1(6)7/h3-6,15,17-18H,1-2,7-13H2;(H,6,7)/t15-,17-,18-;/m1./s1. The number of rotatable bonds is 3. The van der Waals surface area contributed by atoms with Crippen molar-refractivity contribution in [3.63, 3.8) is 0 Å². The van der Waals surface area contributed by atoms with E-state index < -0.39 is 12.1 Å². The van der Waals surface area contributed by atoms with Crippen molar-refractivity contribution in [3.8, 4) is 0 Å². The number of carbonyl (C=O) groups is 2. The van der Waals surface area contributed by atoms with Crippen LogP contribution in [0, 0.1) is 23.6 Å². The van der Waals surface area contributed by atoms with Gasteiger partial charge < -0.3 is 9.84 Å². The fourth-order valence-electron chi connectivity index (χ4n) is 4.28. The van der Waals surface area contributed by atoms with Crippen LogP contribution in [0.2, 0.25) is 0 Å². The maximum absolute atomic E-state index is 13.1. The van der Waals surface area contributed by atoms with E-state index in [9.17, 15) is 22.4 Å². The summed E-state index contributed by atoms with van der Waals surface area (Å²) in [4.78, 5) is 29.7. The Morgan fingerprint density at radius 3 is 2.38 bits per heavy atom. The zero-order valence-corrected chi connectivity index (χ0v) is 17.4. The number of carbonyl (C=O) groups excluding carboxylic acids is 1. The van der Waals surface area contributed by atoms with Gasteiger partial charge in [-0.3, -0.25) is 14.5 Å². The second-order valence-corrected chi connectivity index (χ2v) is 8.17. The number of alkyl halides is 3. The fraction of sp³-hybridized carbons (Fsp3) is 0.619. The van der Waals surface area contributed by atoms with Crippen LogP contribution < -0.4 is 0 Å². The van der Waals surface area contributed by atoms with E-state index in [0.29, 0.717) is 31.6 Å². The van der Waals surface area contributed by atoms with E-state index in [2.05, 4.69) is 4.90 Å². The van der Waals surface area contributed by atoms with Crippen LogP contribution >= 0.6 is 0 Å². The van der Waals surface area contributed by atoms with E-state index in [1.807, 2.05) is 12.1 Å². The molecule has 1 N–H and O–H groups in total. The third-order valence-corrected chi connectivity index (χ3v) is 5.84. The lowest BCUT2D eigenvalue weighted by atomic mass is 9.82. The average molecular weight is 462 g/mol. The van der Waals surface area contributed by atoms with Crippen molar-refractivity contribution < 1.29 is 41.8 Å². The molecule has 1 amide bonds. The summed E-state index contributed by atoms with van der Waals surface area (Å²) < 4.78 is 50.6. The molecule has 0 aromatic heterocycles. The van der Waals surface area contributed by atoms with Crippen molar-refractivity contribution in [2.24, 2.45) is 17.8 Å². The Hall–Kier alpha value is -2.24. The first-order valence-electron chi connectivity index (χ1n) is 10.4. The van der Waals surface area contributed by atoms with E-state index in [-0.39, 0.29) is 17.6 Å². The minimum absolute atomic E-state index is 0.0815. The van der Waals surface area contributed by atoms with Crippen molar-refractivity contribution in [2.45, 2.75) is 25.6 Å². The van der Waals surface area contributed by atoms with Gasteiger partial charge in [-0.1, -0.05) is 12.1 Å². The molecule has 1 aromatic carbocycles. The van der Waals surface area contributed by atoms with E-state index in [4.69, 9.17) is 19.5 Å². The first-order valence-corrected chi connectivity index (χ1v) is 10.4. The number of hydrogen-bond donors (Lipinski definition) is 1. The second kappa shape index (κ2) is 10.6. The van der Waals surface area contributed by atoms with Crippen LogP contribution in [-0.4, -0.2) is 72.6 Å². The number of likely N-dealkylation sites (tertiary alicyclic amines) is 1. The molecule has 0 bridgehead atoms. The first-order chi connectivity index (χ1) is 15.1. The van der Waals surface area contributed by atoms with Crippen molar-refractivity contribution in [3.05, 3.63) is 35.6 Å². The van der Waals surface area contributed by atoms with Gasteiger partial charge in [0, 0.05) is 26.2 Å². The van der Waals surface area contributed by atoms with Crippen LogP contribution in [0.15, 0.2) is 24.3 Å². The summed E-state index contributed by atoms with van der Waals surface area (Å²) in [6.07, 6.45) is -3.06. The quantitative estimate of drug-likeness (QED) is 0.696. The number of amides is 1. The molecule has 3 atom stereocenters. The molecular weight excluding hydrogens is 436 g/mol. The molecule has 11 heteroatoms. The number of nitrogens with zero attached hydrogens (tertiary/aromatic N) is 2. The Kier molecular flexibility index (Phi) is 8.07. The lowest BCUT2D eigenvalue weighted by Crippen LogP contribution is -2.47. The van der Waals surface area contributed by atoms with Gasteiger partial charge in [-0.25, -0.2) is 14.2 Å². The number of carboxylic acids is 1. The molecule has 3 saturated heterocycles. The van der Waals surface area contributed by atoms with Gasteiger partial charge in [0.15, 0.2) is 0 Å². The van der Waals surface area contributed by atoms with Crippen molar-refractivity contribution in [1.29, 1.82) is 0 Å². The summed E-state index contributed by atoms with van der Waals surface area (Å²) in [7, 11) is 0. The molecule has 0 saturated carbocycles. The van der Waals surface area contributed by atoms with Crippen LogP contribution in [0.1, 0.15) is 18.4 Å². The predicted molar refractivity (Wildman–Crippen MR) is 104 cm³/mol. The monoisotopic (exact) mass is 462 g/mol. The number of halogens is 4. The Labute approximate surface area is 182 Å². The topological polar surface area (TPSA) is 79.3 Å². The highest BCUT2D eigenvalue weighted by atomic mass is 19.4. The van der Waals surface area contributed by atoms with E-state index >= 15 is 0 Å². The van der Waals surface area contributed by atoms with Gasteiger partial charge in [0.2, 0.25) is 0 Å². The highest BCUT2D eigenvalue weighted by molar-refractivity contribution is 5.78. The van der Waals surface area contributed by atoms with Crippen LogP contribution in [0.3, 0.4) is 0 Å². The summed E-state index contributed by atoms with van der Waals surface area (Å²) in [5, 5.41) is 8.68. The Morgan fingerprint density at radius 1 is 1.09 bits per heavy atom. The zero-order chi connectivity index (χ0) is 23.3. The number of aliphatic carboxylic acids is 1. The van der Waals surface area contributed by atoms with Crippen molar-refractivity contribution >= 4 is 11.9 Å². The average Bonchev–Trinajstić information content (AvgIpc) is 3.18.